The number of nitrogens with zero attached hydrogens (tertiary/aromatic N) is 3. The molecule has 5 heteroatoms. The molecule has 0 bridgehead atoms. The highest BCUT2D eigenvalue weighted by Crippen LogP contribution is 2.20. The molecule has 3 rings (SSSR count). The van der Waals surface area contributed by atoms with E-state index in [9.17, 15) is 0 Å². The van der Waals surface area contributed by atoms with Crippen molar-refractivity contribution in [3.05, 3.63) is 40.1 Å². The van der Waals surface area contributed by atoms with Crippen LogP contribution in [0, 0.1) is 11.8 Å². The quantitative estimate of drug-likeness (QED) is 0.874. The zero-order chi connectivity index (χ0) is 13.8. The summed E-state index contributed by atoms with van der Waals surface area (Å²) in [6.07, 6.45) is 4.47. The van der Waals surface area contributed by atoms with Crippen LogP contribution in [-0.4, -0.2) is 32.7 Å². The molecule has 0 spiro atoms. The Kier molecular flexibility index (Phi) is 4.16. The van der Waals surface area contributed by atoms with Crippen LogP contribution in [0.1, 0.15) is 22.0 Å². The molecule has 0 fully saturated rings. The molecule has 4 nitrogen and oxygen atoms in total. The lowest BCUT2D eigenvalue weighted by atomic mass is 10.3. The van der Waals surface area contributed by atoms with Gasteiger partial charge in [-0.15, -0.1) is 11.3 Å². The average Bonchev–Trinajstić information content (AvgIpc) is 3.08. The molecular weight excluding hydrogens is 270 g/mol. The number of fused-ring (bicyclic) bond motifs is 1. The Labute approximate surface area is 122 Å². The van der Waals surface area contributed by atoms with Gasteiger partial charge in [0.2, 0.25) is 0 Å². The third kappa shape index (κ3) is 3.10. The van der Waals surface area contributed by atoms with E-state index < -0.39 is 0 Å². The van der Waals surface area contributed by atoms with Gasteiger partial charge in [-0.3, -0.25) is 4.90 Å². The SMILES string of the molecule is OCCC#Cc1ccc(CN2CCn3ccnc3C2)s1. The van der Waals surface area contributed by atoms with Crippen molar-refractivity contribution >= 4 is 11.3 Å². The van der Waals surface area contributed by atoms with Crippen LogP contribution in [0.2, 0.25) is 0 Å². The monoisotopic (exact) mass is 287 g/mol. The Balaban J connectivity index is 1.61. The lowest BCUT2D eigenvalue weighted by Gasteiger charge is -2.26. The van der Waals surface area contributed by atoms with Gasteiger partial charge < -0.3 is 9.67 Å². The van der Waals surface area contributed by atoms with Crippen molar-refractivity contribution in [2.24, 2.45) is 0 Å². The van der Waals surface area contributed by atoms with Crippen LogP contribution in [0.25, 0.3) is 0 Å². The molecule has 1 aliphatic rings. The highest BCUT2D eigenvalue weighted by Gasteiger charge is 2.16. The largest absolute Gasteiger partial charge is 0.395 e. The Morgan fingerprint density at radius 3 is 3.20 bits per heavy atom. The number of aliphatic hydroxyl groups is 1. The van der Waals surface area contributed by atoms with Gasteiger partial charge in [0.1, 0.15) is 5.82 Å². The molecule has 0 saturated heterocycles. The minimum atomic E-state index is 0.131. The molecular formula is C15H17N3OS. The second kappa shape index (κ2) is 6.23. The molecule has 20 heavy (non-hydrogen) atoms. The predicted octanol–water partition coefficient (Wildman–Crippen LogP) is 1.69. The van der Waals surface area contributed by atoms with Crippen LogP contribution >= 0.6 is 11.3 Å². The molecule has 0 aromatic carbocycles. The summed E-state index contributed by atoms with van der Waals surface area (Å²) in [5.74, 6) is 7.20. The van der Waals surface area contributed by atoms with E-state index in [-0.39, 0.29) is 6.61 Å². The average molecular weight is 287 g/mol. The summed E-state index contributed by atoms with van der Waals surface area (Å²) >= 11 is 1.74. The molecule has 0 radical (unpaired) electrons. The highest BCUT2D eigenvalue weighted by atomic mass is 32.1. The fourth-order valence-corrected chi connectivity index (χ4v) is 3.24. The smallest absolute Gasteiger partial charge is 0.122 e. The predicted molar refractivity (Wildman–Crippen MR) is 79.2 cm³/mol. The van der Waals surface area contributed by atoms with Crippen LogP contribution in [0.3, 0.4) is 0 Å². The van der Waals surface area contributed by atoms with Crippen LogP contribution in [-0.2, 0) is 19.6 Å². The zero-order valence-corrected chi connectivity index (χ0v) is 12.1. The summed E-state index contributed by atoms with van der Waals surface area (Å²) in [5, 5.41) is 8.71. The summed E-state index contributed by atoms with van der Waals surface area (Å²) in [5.41, 5.74) is 0. The van der Waals surface area contributed by atoms with E-state index in [1.165, 1.54) is 4.88 Å². The number of hydrogen-bond acceptors (Lipinski definition) is 4. The third-order valence-electron chi connectivity index (χ3n) is 3.31. The number of thiophene rings is 1. The van der Waals surface area contributed by atoms with Gasteiger partial charge >= 0.3 is 0 Å². The standard InChI is InChI=1S/C15H17N3OS/c19-10-2-1-3-13-4-5-14(20-13)11-17-8-9-18-7-6-16-15(18)12-17/h4-7,19H,2,8-12H2. The molecule has 0 aliphatic carbocycles. The van der Waals surface area contributed by atoms with Gasteiger partial charge in [0, 0.05) is 43.3 Å². The fourth-order valence-electron chi connectivity index (χ4n) is 2.31. The molecule has 2 aromatic rings. The van der Waals surface area contributed by atoms with E-state index in [1.807, 2.05) is 12.4 Å². The van der Waals surface area contributed by atoms with Crippen molar-refractivity contribution in [1.29, 1.82) is 0 Å². The number of rotatable bonds is 3. The van der Waals surface area contributed by atoms with Gasteiger partial charge in [-0.1, -0.05) is 11.8 Å². The van der Waals surface area contributed by atoms with Crippen LogP contribution in [0.15, 0.2) is 24.5 Å². The Bertz CT molecular complexity index is 635. The van der Waals surface area contributed by atoms with Gasteiger partial charge in [0.25, 0.3) is 0 Å². The fraction of sp³-hybridized carbons (Fsp3) is 0.400. The second-order valence-corrected chi connectivity index (χ2v) is 5.96. The van der Waals surface area contributed by atoms with Gasteiger partial charge in [0.15, 0.2) is 0 Å². The molecule has 0 atom stereocenters. The van der Waals surface area contributed by atoms with Crippen molar-refractivity contribution in [3.8, 4) is 11.8 Å². The topological polar surface area (TPSA) is 41.3 Å². The van der Waals surface area contributed by atoms with Crippen molar-refractivity contribution in [2.75, 3.05) is 13.2 Å². The summed E-state index contributed by atoms with van der Waals surface area (Å²) in [6, 6.07) is 4.21. The maximum absolute atomic E-state index is 8.71. The summed E-state index contributed by atoms with van der Waals surface area (Å²) in [4.78, 5) is 9.21. The van der Waals surface area contributed by atoms with Crippen LogP contribution < -0.4 is 0 Å². The van der Waals surface area contributed by atoms with E-state index >= 15 is 0 Å². The van der Waals surface area contributed by atoms with Crippen molar-refractivity contribution in [2.45, 2.75) is 26.1 Å². The van der Waals surface area contributed by atoms with Gasteiger partial charge in [-0.05, 0) is 12.1 Å². The van der Waals surface area contributed by atoms with Crippen molar-refractivity contribution in [3.63, 3.8) is 0 Å². The van der Waals surface area contributed by atoms with Gasteiger partial charge in [-0.25, -0.2) is 4.98 Å². The number of aliphatic hydroxyl groups excluding tert-OH is 1. The minimum absolute atomic E-state index is 0.131. The lowest BCUT2D eigenvalue weighted by Crippen LogP contribution is -2.32. The Morgan fingerprint density at radius 2 is 2.30 bits per heavy atom. The van der Waals surface area contributed by atoms with E-state index in [0.29, 0.717) is 6.42 Å². The lowest BCUT2D eigenvalue weighted by molar-refractivity contribution is 0.210. The number of hydrogen-bond donors (Lipinski definition) is 1. The molecule has 0 unspecified atom stereocenters. The molecule has 0 amide bonds. The summed E-state index contributed by atoms with van der Waals surface area (Å²) in [7, 11) is 0. The van der Waals surface area contributed by atoms with Crippen molar-refractivity contribution in [1.82, 2.24) is 14.5 Å². The maximum atomic E-state index is 8.71. The number of imidazole rings is 1. The molecule has 104 valence electrons. The van der Waals surface area contributed by atoms with Gasteiger partial charge in [-0.2, -0.15) is 0 Å². The van der Waals surface area contributed by atoms with Gasteiger partial charge in [0.05, 0.1) is 18.0 Å². The van der Waals surface area contributed by atoms with Crippen LogP contribution in [0.5, 0.6) is 0 Å². The molecule has 1 aliphatic heterocycles. The first-order chi connectivity index (χ1) is 9.85. The maximum Gasteiger partial charge on any atom is 0.122 e. The highest BCUT2D eigenvalue weighted by molar-refractivity contribution is 7.12. The minimum Gasteiger partial charge on any atom is -0.395 e. The van der Waals surface area contributed by atoms with E-state index in [2.05, 4.69) is 38.4 Å². The first-order valence-electron chi connectivity index (χ1n) is 6.76. The van der Waals surface area contributed by atoms with Crippen LogP contribution in [0.4, 0.5) is 0 Å². The van der Waals surface area contributed by atoms with Crippen molar-refractivity contribution < 1.29 is 5.11 Å². The molecule has 1 N–H and O–H groups in total. The van der Waals surface area contributed by atoms with E-state index in [0.717, 1.165) is 36.9 Å². The second-order valence-electron chi connectivity index (χ2n) is 4.79. The summed E-state index contributed by atoms with van der Waals surface area (Å²) < 4.78 is 2.22. The Morgan fingerprint density at radius 1 is 1.35 bits per heavy atom. The van der Waals surface area contributed by atoms with E-state index in [4.69, 9.17) is 5.11 Å². The summed E-state index contributed by atoms with van der Waals surface area (Å²) in [6.45, 7) is 4.08. The normalized spacial score (nSPS) is 14.7. The molecule has 0 saturated carbocycles. The third-order valence-corrected chi connectivity index (χ3v) is 4.30. The van der Waals surface area contributed by atoms with E-state index in [1.54, 1.807) is 11.3 Å². The first-order valence-corrected chi connectivity index (χ1v) is 7.57. The zero-order valence-electron chi connectivity index (χ0n) is 11.2. The first kappa shape index (κ1) is 13.4. The molecule has 3 heterocycles. The molecule has 2 aromatic heterocycles. The Hall–Kier alpha value is -1.61. The number of aromatic nitrogens is 2.